The number of nitrogens with one attached hydrogen (secondary N) is 2. The van der Waals surface area contributed by atoms with Crippen LogP contribution < -0.4 is 10.6 Å². The average Bonchev–Trinajstić information content (AvgIpc) is 2.64. The number of aromatic nitrogens is 2. The second-order valence-corrected chi connectivity index (χ2v) is 6.66. The Morgan fingerprint density at radius 2 is 2.04 bits per heavy atom. The quantitative estimate of drug-likeness (QED) is 0.705. The van der Waals surface area contributed by atoms with E-state index in [1.54, 1.807) is 18.2 Å². The highest BCUT2D eigenvalue weighted by Crippen LogP contribution is 2.24. The maximum absolute atomic E-state index is 12.2. The van der Waals surface area contributed by atoms with Crippen molar-refractivity contribution in [2.24, 2.45) is 0 Å². The normalized spacial score (nSPS) is 14.9. The minimum Gasteiger partial charge on any atom is -0.507 e. The number of rotatable bonds is 5. The molecule has 7 nitrogen and oxygen atoms in total. The SMILES string of the molecule is O=C(NC1CCOCC1)c1ccc(NCc2ccc(O)c(Br)c2)nn1. The molecule has 2 aromatic rings. The van der Waals surface area contributed by atoms with Gasteiger partial charge >= 0.3 is 0 Å². The Bertz CT molecular complexity index is 733. The van der Waals surface area contributed by atoms with Gasteiger partial charge in [0.1, 0.15) is 11.6 Å². The third-order valence-corrected chi connectivity index (χ3v) is 4.57. The number of amides is 1. The number of hydrogen-bond acceptors (Lipinski definition) is 6. The Morgan fingerprint density at radius 3 is 2.72 bits per heavy atom. The molecule has 1 aliphatic rings. The van der Waals surface area contributed by atoms with Crippen molar-refractivity contribution in [3.8, 4) is 5.75 Å². The number of phenolic OH excluding ortho intramolecular Hbond substituents is 1. The van der Waals surface area contributed by atoms with Gasteiger partial charge in [-0.25, -0.2) is 0 Å². The lowest BCUT2D eigenvalue weighted by Crippen LogP contribution is -2.39. The van der Waals surface area contributed by atoms with Crippen molar-refractivity contribution in [3.63, 3.8) is 0 Å². The van der Waals surface area contributed by atoms with Crippen molar-refractivity contribution < 1.29 is 14.6 Å². The molecule has 0 aliphatic carbocycles. The topological polar surface area (TPSA) is 96.4 Å². The summed E-state index contributed by atoms with van der Waals surface area (Å²) in [6.07, 6.45) is 1.64. The fourth-order valence-electron chi connectivity index (χ4n) is 2.50. The van der Waals surface area contributed by atoms with Crippen molar-refractivity contribution in [2.45, 2.75) is 25.4 Å². The predicted octanol–water partition coefficient (Wildman–Crippen LogP) is 2.47. The summed E-state index contributed by atoms with van der Waals surface area (Å²) >= 11 is 3.28. The maximum atomic E-state index is 12.2. The van der Waals surface area contributed by atoms with Crippen molar-refractivity contribution in [3.05, 3.63) is 46.1 Å². The van der Waals surface area contributed by atoms with Gasteiger partial charge < -0.3 is 20.5 Å². The largest absolute Gasteiger partial charge is 0.507 e. The summed E-state index contributed by atoms with van der Waals surface area (Å²) in [4.78, 5) is 12.2. The predicted molar refractivity (Wildman–Crippen MR) is 96.5 cm³/mol. The van der Waals surface area contributed by atoms with Gasteiger partial charge in [-0.1, -0.05) is 6.07 Å². The van der Waals surface area contributed by atoms with Crippen LogP contribution in [-0.2, 0) is 11.3 Å². The molecule has 0 unspecified atom stereocenters. The van der Waals surface area contributed by atoms with Crippen LogP contribution in [-0.4, -0.2) is 40.5 Å². The second kappa shape index (κ2) is 8.26. The zero-order valence-corrected chi connectivity index (χ0v) is 15.1. The number of ether oxygens (including phenoxy) is 1. The first kappa shape index (κ1) is 17.6. The highest BCUT2D eigenvalue weighted by molar-refractivity contribution is 9.10. The Morgan fingerprint density at radius 1 is 1.24 bits per heavy atom. The van der Waals surface area contributed by atoms with Crippen molar-refractivity contribution in [2.75, 3.05) is 18.5 Å². The van der Waals surface area contributed by atoms with E-state index >= 15 is 0 Å². The first-order chi connectivity index (χ1) is 12.1. The molecule has 3 N–H and O–H groups in total. The Hall–Kier alpha value is -2.19. The smallest absolute Gasteiger partial charge is 0.272 e. The van der Waals surface area contributed by atoms with E-state index in [2.05, 4.69) is 36.8 Å². The van der Waals surface area contributed by atoms with Crippen LogP contribution >= 0.6 is 15.9 Å². The molecule has 1 aromatic carbocycles. The molecule has 1 saturated heterocycles. The summed E-state index contributed by atoms with van der Waals surface area (Å²) in [5.41, 5.74) is 1.28. The van der Waals surface area contributed by atoms with E-state index in [0.29, 0.717) is 35.7 Å². The van der Waals surface area contributed by atoms with E-state index < -0.39 is 0 Å². The summed E-state index contributed by atoms with van der Waals surface area (Å²) in [5, 5.41) is 23.6. The maximum Gasteiger partial charge on any atom is 0.272 e. The molecule has 1 aliphatic heterocycles. The van der Waals surface area contributed by atoms with Crippen molar-refractivity contribution in [1.82, 2.24) is 15.5 Å². The Labute approximate surface area is 153 Å². The van der Waals surface area contributed by atoms with Crippen LogP contribution in [0.2, 0.25) is 0 Å². The lowest BCUT2D eigenvalue weighted by atomic mass is 10.1. The summed E-state index contributed by atoms with van der Waals surface area (Å²) in [7, 11) is 0. The molecule has 0 atom stereocenters. The molecule has 0 bridgehead atoms. The van der Waals surface area contributed by atoms with Crippen LogP contribution in [0.15, 0.2) is 34.8 Å². The van der Waals surface area contributed by atoms with Gasteiger partial charge in [0.25, 0.3) is 5.91 Å². The number of anilines is 1. The number of nitrogens with zero attached hydrogens (tertiary/aromatic N) is 2. The molecule has 2 heterocycles. The molecule has 132 valence electrons. The molecule has 1 aromatic heterocycles. The van der Waals surface area contributed by atoms with Crippen LogP contribution in [0.4, 0.5) is 5.82 Å². The summed E-state index contributed by atoms with van der Waals surface area (Å²) < 4.78 is 5.91. The Kier molecular flexibility index (Phi) is 5.83. The first-order valence-electron chi connectivity index (χ1n) is 8.05. The number of carbonyl (C=O) groups excluding carboxylic acids is 1. The summed E-state index contributed by atoms with van der Waals surface area (Å²) in [6, 6.07) is 8.77. The monoisotopic (exact) mass is 406 g/mol. The van der Waals surface area contributed by atoms with E-state index in [9.17, 15) is 9.90 Å². The zero-order valence-electron chi connectivity index (χ0n) is 13.5. The van der Waals surface area contributed by atoms with E-state index in [1.807, 2.05) is 12.1 Å². The van der Waals surface area contributed by atoms with Gasteiger partial charge in [-0.05, 0) is 58.6 Å². The van der Waals surface area contributed by atoms with E-state index in [4.69, 9.17) is 4.74 Å². The number of carbonyl (C=O) groups is 1. The molecular weight excluding hydrogens is 388 g/mol. The van der Waals surface area contributed by atoms with Crippen molar-refractivity contribution >= 4 is 27.7 Å². The molecule has 1 amide bonds. The first-order valence-corrected chi connectivity index (χ1v) is 8.85. The van der Waals surface area contributed by atoms with E-state index in [-0.39, 0.29) is 17.7 Å². The van der Waals surface area contributed by atoms with Gasteiger partial charge in [0.2, 0.25) is 0 Å². The average molecular weight is 407 g/mol. The molecule has 8 heteroatoms. The van der Waals surface area contributed by atoms with Gasteiger partial charge in [-0.2, -0.15) is 0 Å². The number of halogens is 1. The van der Waals surface area contributed by atoms with Gasteiger partial charge in [0.15, 0.2) is 5.69 Å². The molecule has 0 radical (unpaired) electrons. The fourth-order valence-corrected chi connectivity index (χ4v) is 2.93. The highest BCUT2D eigenvalue weighted by atomic mass is 79.9. The van der Waals surface area contributed by atoms with E-state index in [0.717, 1.165) is 18.4 Å². The molecule has 1 fully saturated rings. The third-order valence-electron chi connectivity index (χ3n) is 3.94. The van der Waals surface area contributed by atoms with Crippen LogP contribution in [0.25, 0.3) is 0 Å². The highest BCUT2D eigenvalue weighted by Gasteiger charge is 2.17. The number of benzene rings is 1. The van der Waals surface area contributed by atoms with Gasteiger partial charge in [-0.3, -0.25) is 4.79 Å². The summed E-state index contributed by atoms with van der Waals surface area (Å²) in [6.45, 7) is 1.88. The molecule has 25 heavy (non-hydrogen) atoms. The third kappa shape index (κ3) is 4.90. The summed E-state index contributed by atoms with van der Waals surface area (Å²) in [5.74, 6) is 0.559. The molecule has 0 saturated carbocycles. The molecular formula is C17H19BrN4O3. The Balaban J connectivity index is 1.54. The van der Waals surface area contributed by atoms with Gasteiger partial charge in [0, 0.05) is 25.8 Å². The number of aromatic hydroxyl groups is 1. The van der Waals surface area contributed by atoms with Crippen LogP contribution in [0.5, 0.6) is 5.75 Å². The second-order valence-electron chi connectivity index (χ2n) is 5.80. The van der Waals surface area contributed by atoms with Crippen LogP contribution in [0.3, 0.4) is 0 Å². The number of hydrogen-bond donors (Lipinski definition) is 3. The molecule has 0 spiro atoms. The lowest BCUT2D eigenvalue weighted by Gasteiger charge is -2.22. The minimum absolute atomic E-state index is 0.133. The van der Waals surface area contributed by atoms with Crippen molar-refractivity contribution in [1.29, 1.82) is 0 Å². The van der Waals surface area contributed by atoms with Crippen LogP contribution in [0.1, 0.15) is 28.9 Å². The van der Waals surface area contributed by atoms with E-state index in [1.165, 1.54) is 0 Å². The van der Waals surface area contributed by atoms with Gasteiger partial charge in [0.05, 0.1) is 4.47 Å². The van der Waals surface area contributed by atoms with Crippen LogP contribution in [0, 0.1) is 0 Å². The number of phenols is 1. The zero-order chi connectivity index (χ0) is 17.6. The van der Waals surface area contributed by atoms with Gasteiger partial charge in [-0.15, -0.1) is 10.2 Å². The molecule has 3 rings (SSSR count). The lowest BCUT2D eigenvalue weighted by molar-refractivity contribution is 0.0693. The minimum atomic E-state index is -0.214. The standard InChI is InChI=1S/C17H19BrN4O3/c18-13-9-11(1-3-15(13)23)10-19-16-4-2-14(21-22-16)17(24)20-12-5-7-25-8-6-12/h1-4,9,12,23H,5-8,10H2,(H,19,22)(H,20,24). The fraction of sp³-hybridized carbons (Fsp3) is 0.353.